The molecule has 2 atom stereocenters. The topological polar surface area (TPSA) is 83.5 Å². The molecule has 0 radical (unpaired) electrons. The van der Waals surface area contributed by atoms with Gasteiger partial charge in [0.2, 0.25) is 10.0 Å². The molecule has 0 saturated heterocycles. The summed E-state index contributed by atoms with van der Waals surface area (Å²) >= 11 is 0. The van der Waals surface area contributed by atoms with Crippen LogP contribution in [-0.4, -0.2) is 25.5 Å². The normalized spacial score (nSPS) is 22.9. The fourth-order valence-electron chi connectivity index (χ4n) is 2.85. The molecule has 2 unspecified atom stereocenters. The van der Waals surface area contributed by atoms with E-state index in [0.717, 1.165) is 32.1 Å². The molecule has 2 rings (SSSR count). The molecule has 5 nitrogen and oxygen atoms in total. The van der Waals surface area contributed by atoms with E-state index >= 15 is 0 Å². The monoisotopic (exact) mass is 311 g/mol. The van der Waals surface area contributed by atoms with E-state index < -0.39 is 16.0 Å². The van der Waals surface area contributed by atoms with Gasteiger partial charge in [0.1, 0.15) is 0 Å². The first-order chi connectivity index (χ1) is 9.92. The highest BCUT2D eigenvalue weighted by molar-refractivity contribution is 7.89. The molecule has 1 aliphatic carbocycles. The quantitative estimate of drug-likeness (QED) is 0.875. The van der Waals surface area contributed by atoms with Gasteiger partial charge in [-0.3, -0.25) is 0 Å². The Bertz CT molecular complexity index is 612. The highest BCUT2D eigenvalue weighted by atomic mass is 32.2. The summed E-state index contributed by atoms with van der Waals surface area (Å²) < 4.78 is 27.5. The van der Waals surface area contributed by atoms with Gasteiger partial charge >= 0.3 is 5.97 Å². The van der Waals surface area contributed by atoms with Crippen molar-refractivity contribution in [2.24, 2.45) is 5.92 Å². The van der Waals surface area contributed by atoms with Gasteiger partial charge in [-0.2, -0.15) is 0 Å². The van der Waals surface area contributed by atoms with Gasteiger partial charge in [-0.1, -0.05) is 32.3 Å². The molecule has 1 aromatic rings. The third-order valence-corrected chi connectivity index (χ3v) is 5.59. The predicted octanol–water partition coefficient (Wildman–Crippen LogP) is 2.63. The molecule has 0 heterocycles. The molecule has 0 spiro atoms. The average Bonchev–Trinajstić information content (AvgIpc) is 2.47. The Morgan fingerprint density at radius 2 is 2.14 bits per heavy atom. The Labute approximate surface area is 125 Å². The number of carbonyl (C=O) groups is 1. The fourth-order valence-corrected chi connectivity index (χ4v) is 4.18. The van der Waals surface area contributed by atoms with Gasteiger partial charge in [-0.05, 0) is 37.0 Å². The van der Waals surface area contributed by atoms with Crippen molar-refractivity contribution in [3.8, 4) is 0 Å². The van der Waals surface area contributed by atoms with Crippen LogP contribution < -0.4 is 4.72 Å². The molecule has 0 bridgehead atoms. The Balaban J connectivity index is 2.14. The minimum Gasteiger partial charge on any atom is -0.478 e. The zero-order valence-electron chi connectivity index (χ0n) is 12.1. The van der Waals surface area contributed by atoms with Gasteiger partial charge in [0.15, 0.2) is 0 Å². The standard InChI is InChI=1S/C15H21NO4S/c1-2-11-5-3-7-13(9-11)16-21(19,20)14-8-4-6-12(10-14)15(17)18/h4,6,8,10-11,13,16H,2-3,5,7,9H2,1H3,(H,17,18). The van der Waals surface area contributed by atoms with E-state index in [1.54, 1.807) is 0 Å². The van der Waals surface area contributed by atoms with Crippen molar-refractivity contribution in [3.05, 3.63) is 29.8 Å². The Morgan fingerprint density at radius 1 is 1.38 bits per heavy atom. The molecule has 21 heavy (non-hydrogen) atoms. The second-order valence-electron chi connectivity index (χ2n) is 5.59. The maximum absolute atomic E-state index is 12.4. The van der Waals surface area contributed by atoms with E-state index in [-0.39, 0.29) is 16.5 Å². The SMILES string of the molecule is CCC1CCCC(NS(=O)(=O)c2cccc(C(=O)O)c2)C1. The second kappa shape index (κ2) is 6.58. The molecule has 6 heteroatoms. The van der Waals surface area contributed by atoms with E-state index in [2.05, 4.69) is 11.6 Å². The number of rotatable bonds is 5. The minimum atomic E-state index is -3.66. The van der Waals surface area contributed by atoms with E-state index in [1.165, 1.54) is 24.3 Å². The lowest BCUT2D eigenvalue weighted by Crippen LogP contribution is -2.38. The van der Waals surface area contributed by atoms with Crippen LogP contribution in [0.2, 0.25) is 0 Å². The second-order valence-corrected chi connectivity index (χ2v) is 7.31. The first-order valence-electron chi connectivity index (χ1n) is 7.28. The number of carboxylic acids is 1. The molecule has 0 amide bonds. The number of carboxylic acid groups (broad SMARTS) is 1. The van der Waals surface area contributed by atoms with Crippen LogP contribution in [0.1, 0.15) is 49.4 Å². The fraction of sp³-hybridized carbons (Fsp3) is 0.533. The van der Waals surface area contributed by atoms with Crippen molar-refractivity contribution in [3.63, 3.8) is 0 Å². The molecule has 1 aliphatic rings. The molecule has 1 saturated carbocycles. The molecule has 0 aromatic heterocycles. The van der Waals surface area contributed by atoms with Crippen molar-refractivity contribution in [1.82, 2.24) is 4.72 Å². The molecule has 0 aliphatic heterocycles. The van der Waals surface area contributed by atoms with Crippen LogP contribution in [0.15, 0.2) is 29.2 Å². The molecule has 116 valence electrons. The largest absolute Gasteiger partial charge is 0.478 e. The Hall–Kier alpha value is -1.40. The zero-order valence-corrected chi connectivity index (χ0v) is 12.9. The van der Waals surface area contributed by atoms with Crippen molar-refractivity contribution in [2.45, 2.75) is 50.0 Å². The average molecular weight is 311 g/mol. The molecular formula is C15H21NO4S. The van der Waals surface area contributed by atoms with Crippen LogP contribution in [0.3, 0.4) is 0 Å². The summed E-state index contributed by atoms with van der Waals surface area (Å²) in [5.41, 5.74) is -0.0204. The number of hydrogen-bond donors (Lipinski definition) is 2. The molecular weight excluding hydrogens is 290 g/mol. The summed E-state index contributed by atoms with van der Waals surface area (Å²) in [6, 6.07) is 5.41. The van der Waals surface area contributed by atoms with Crippen LogP contribution >= 0.6 is 0 Å². The van der Waals surface area contributed by atoms with E-state index in [9.17, 15) is 13.2 Å². The summed E-state index contributed by atoms with van der Waals surface area (Å²) in [7, 11) is -3.66. The highest BCUT2D eigenvalue weighted by Crippen LogP contribution is 2.27. The first kappa shape index (κ1) is 16.0. The summed E-state index contributed by atoms with van der Waals surface area (Å²) in [5.74, 6) is -0.562. The van der Waals surface area contributed by atoms with Crippen molar-refractivity contribution >= 4 is 16.0 Å². The summed E-state index contributed by atoms with van der Waals surface area (Å²) in [6.07, 6.45) is 4.94. The number of sulfonamides is 1. The van der Waals surface area contributed by atoms with Crippen LogP contribution in [0, 0.1) is 5.92 Å². The van der Waals surface area contributed by atoms with Gasteiger partial charge < -0.3 is 5.11 Å². The van der Waals surface area contributed by atoms with E-state index in [0.29, 0.717) is 5.92 Å². The lowest BCUT2D eigenvalue weighted by atomic mass is 9.85. The Morgan fingerprint density at radius 3 is 2.81 bits per heavy atom. The predicted molar refractivity (Wildman–Crippen MR) is 79.8 cm³/mol. The van der Waals surface area contributed by atoms with Gasteiger partial charge in [-0.25, -0.2) is 17.9 Å². The molecule has 2 N–H and O–H groups in total. The van der Waals surface area contributed by atoms with E-state index in [1.807, 2.05) is 0 Å². The van der Waals surface area contributed by atoms with Crippen molar-refractivity contribution < 1.29 is 18.3 Å². The highest BCUT2D eigenvalue weighted by Gasteiger charge is 2.26. The third kappa shape index (κ3) is 4.04. The van der Waals surface area contributed by atoms with Gasteiger partial charge in [0, 0.05) is 6.04 Å². The van der Waals surface area contributed by atoms with Crippen molar-refractivity contribution in [1.29, 1.82) is 0 Å². The van der Waals surface area contributed by atoms with Crippen LogP contribution in [0.25, 0.3) is 0 Å². The van der Waals surface area contributed by atoms with E-state index in [4.69, 9.17) is 5.11 Å². The maximum atomic E-state index is 12.4. The van der Waals surface area contributed by atoms with Gasteiger partial charge in [0.05, 0.1) is 10.5 Å². The smallest absolute Gasteiger partial charge is 0.335 e. The molecule has 1 fully saturated rings. The maximum Gasteiger partial charge on any atom is 0.335 e. The zero-order chi connectivity index (χ0) is 15.5. The van der Waals surface area contributed by atoms with Gasteiger partial charge in [0.25, 0.3) is 0 Å². The first-order valence-corrected chi connectivity index (χ1v) is 8.76. The number of nitrogens with one attached hydrogen (secondary N) is 1. The number of aromatic carboxylic acids is 1. The van der Waals surface area contributed by atoms with Crippen LogP contribution in [0.4, 0.5) is 0 Å². The lowest BCUT2D eigenvalue weighted by molar-refractivity contribution is 0.0696. The van der Waals surface area contributed by atoms with Crippen molar-refractivity contribution in [2.75, 3.05) is 0 Å². The van der Waals surface area contributed by atoms with Crippen LogP contribution in [0.5, 0.6) is 0 Å². The number of benzene rings is 1. The summed E-state index contributed by atoms with van der Waals surface area (Å²) in [4.78, 5) is 11.0. The third-order valence-electron chi connectivity index (χ3n) is 4.07. The van der Waals surface area contributed by atoms with Gasteiger partial charge in [-0.15, -0.1) is 0 Å². The summed E-state index contributed by atoms with van der Waals surface area (Å²) in [6.45, 7) is 2.12. The lowest BCUT2D eigenvalue weighted by Gasteiger charge is -2.28. The number of hydrogen-bond acceptors (Lipinski definition) is 3. The Kier molecular flexibility index (Phi) is 5.00. The summed E-state index contributed by atoms with van der Waals surface area (Å²) in [5, 5.41) is 8.95. The van der Waals surface area contributed by atoms with Crippen LogP contribution in [-0.2, 0) is 10.0 Å². The minimum absolute atomic E-state index is 0.0148. The molecule has 1 aromatic carbocycles.